The molecule has 0 saturated heterocycles. The highest BCUT2D eigenvalue weighted by Crippen LogP contribution is 2.31. The van der Waals surface area contributed by atoms with Crippen molar-refractivity contribution in [1.82, 2.24) is 0 Å². The Hall–Kier alpha value is -1.81. The van der Waals surface area contributed by atoms with Crippen molar-refractivity contribution >= 4 is 17.3 Å². The van der Waals surface area contributed by atoms with Gasteiger partial charge in [-0.05, 0) is 47.1 Å². The SMILES string of the molecule is CC(C)(C)c1ccc2c(c1)CCO2.CCOC(=O)c1ccc(C(C)(C)C)s1. The molecule has 2 aromatic rings. The van der Waals surface area contributed by atoms with Crippen LogP contribution in [0.3, 0.4) is 0 Å². The van der Waals surface area contributed by atoms with E-state index in [1.807, 2.05) is 19.1 Å². The Labute approximate surface area is 167 Å². The molecule has 2 heterocycles. The molecule has 1 aliphatic rings. The van der Waals surface area contributed by atoms with Crippen LogP contribution >= 0.6 is 11.3 Å². The molecular formula is C23H32O3S. The fraction of sp³-hybridized carbons (Fsp3) is 0.522. The first-order chi connectivity index (χ1) is 12.5. The maximum Gasteiger partial charge on any atom is 0.348 e. The first-order valence-corrected chi connectivity index (χ1v) is 10.4. The molecule has 0 spiro atoms. The summed E-state index contributed by atoms with van der Waals surface area (Å²) in [6, 6.07) is 10.4. The highest BCUT2D eigenvalue weighted by Gasteiger charge is 2.19. The van der Waals surface area contributed by atoms with Gasteiger partial charge in [0.15, 0.2) is 0 Å². The molecule has 0 saturated carbocycles. The number of thiophene rings is 1. The van der Waals surface area contributed by atoms with Gasteiger partial charge in [-0.2, -0.15) is 0 Å². The Morgan fingerprint density at radius 2 is 1.78 bits per heavy atom. The first kappa shape index (κ1) is 21.5. The van der Waals surface area contributed by atoms with Crippen LogP contribution in [-0.2, 0) is 22.0 Å². The van der Waals surface area contributed by atoms with Crippen LogP contribution in [-0.4, -0.2) is 19.2 Å². The van der Waals surface area contributed by atoms with E-state index in [0.717, 1.165) is 18.8 Å². The molecule has 0 fully saturated rings. The van der Waals surface area contributed by atoms with Gasteiger partial charge in [0.2, 0.25) is 0 Å². The molecule has 0 bridgehead atoms. The molecule has 27 heavy (non-hydrogen) atoms. The third-order valence-electron chi connectivity index (χ3n) is 4.38. The summed E-state index contributed by atoms with van der Waals surface area (Å²) in [5.74, 6) is 0.862. The van der Waals surface area contributed by atoms with E-state index in [-0.39, 0.29) is 16.8 Å². The number of ether oxygens (including phenoxy) is 2. The lowest BCUT2D eigenvalue weighted by atomic mass is 9.86. The average Bonchev–Trinajstić information content (AvgIpc) is 3.23. The van der Waals surface area contributed by atoms with Crippen molar-refractivity contribution < 1.29 is 14.3 Å². The Morgan fingerprint density at radius 3 is 2.33 bits per heavy atom. The zero-order valence-corrected chi connectivity index (χ0v) is 18.5. The van der Waals surface area contributed by atoms with Crippen molar-refractivity contribution in [3.8, 4) is 5.75 Å². The Morgan fingerprint density at radius 1 is 1.07 bits per heavy atom. The number of benzene rings is 1. The number of esters is 1. The molecular weight excluding hydrogens is 356 g/mol. The van der Waals surface area contributed by atoms with Gasteiger partial charge in [-0.25, -0.2) is 4.79 Å². The summed E-state index contributed by atoms with van der Waals surface area (Å²) in [4.78, 5) is 13.3. The second kappa shape index (κ2) is 8.47. The molecule has 0 aliphatic carbocycles. The third kappa shape index (κ3) is 5.83. The summed E-state index contributed by atoms with van der Waals surface area (Å²) in [7, 11) is 0. The molecule has 0 radical (unpaired) electrons. The minimum Gasteiger partial charge on any atom is -0.493 e. The van der Waals surface area contributed by atoms with Gasteiger partial charge in [0.25, 0.3) is 0 Å². The van der Waals surface area contributed by atoms with E-state index in [1.165, 1.54) is 27.3 Å². The summed E-state index contributed by atoms with van der Waals surface area (Å²) in [6.45, 7) is 16.2. The minimum atomic E-state index is -0.215. The number of fused-ring (bicyclic) bond motifs is 1. The van der Waals surface area contributed by atoms with Crippen LogP contribution in [0.25, 0.3) is 0 Å². The first-order valence-electron chi connectivity index (χ1n) is 9.56. The zero-order valence-electron chi connectivity index (χ0n) is 17.6. The van der Waals surface area contributed by atoms with Crippen LogP contribution < -0.4 is 4.74 Å². The molecule has 0 amide bonds. The zero-order chi connectivity index (χ0) is 20.2. The topological polar surface area (TPSA) is 35.5 Å². The molecule has 0 N–H and O–H groups in total. The van der Waals surface area contributed by atoms with Gasteiger partial charge >= 0.3 is 5.97 Å². The van der Waals surface area contributed by atoms with Gasteiger partial charge in [0.1, 0.15) is 10.6 Å². The van der Waals surface area contributed by atoms with E-state index in [2.05, 4.69) is 59.7 Å². The summed E-state index contributed by atoms with van der Waals surface area (Å²) in [5.41, 5.74) is 3.12. The van der Waals surface area contributed by atoms with Crippen molar-refractivity contribution in [1.29, 1.82) is 0 Å². The van der Waals surface area contributed by atoms with E-state index in [0.29, 0.717) is 11.5 Å². The lowest BCUT2D eigenvalue weighted by Crippen LogP contribution is -2.10. The number of carbonyl (C=O) groups excluding carboxylic acids is 1. The average molecular weight is 389 g/mol. The standard InChI is InChI=1S/C12H16O.C11H16O2S/c1-12(2,3)10-4-5-11-9(8-10)6-7-13-11;1-5-13-10(12)8-6-7-9(14-8)11(2,3)4/h4-5,8H,6-7H2,1-3H3;6-7H,5H2,1-4H3. The largest absolute Gasteiger partial charge is 0.493 e. The quantitative estimate of drug-likeness (QED) is 0.580. The fourth-order valence-electron chi connectivity index (χ4n) is 2.71. The predicted octanol–water partition coefficient (Wildman–Crippen LogP) is 6.14. The third-order valence-corrected chi connectivity index (χ3v) is 5.87. The number of rotatable bonds is 2. The summed E-state index contributed by atoms with van der Waals surface area (Å²) < 4.78 is 10.4. The van der Waals surface area contributed by atoms with Crippen LogP contribution in [0, 0.1) is 0 Å². The molecule has 3 rings (SSSR count). The van der Waals surface area contributed by atoms with Crippen LogP contribution in [0.15, 0.2) is 30.3 Å². The minimum absolute atomic E-state index is 0.107. The van der Waals surface area contributed by atoms with Crippen molar-refractivity contribution in [3.05, 3.63) is 51.2 Å². The van der Waals surface area contributed by atoms with Crippen LogP contribution in [0.5, 0.6) is 5.75 Å². The molecule has 0 unspecified atom stereocenters. The molecule has 3 nitrogen and oxygen atoms in total. The molecule has 4 heteroatoms. The molecule has 0 atom stereocenters. The van der Waals surface area contributed by atoms with Gasteiger partial charge in [0, 0.05) is 11.3 Å². The highest BCUT2D eigenvalue weighted by molar-refractivity contribution is 7.14. The lowest BCUT2D eigenvalue weighted by Gasteiger charge is -2.19. The Kier molecular flexibility index (Phi) is 6.74. The van der Waals surface area contributed by atoms with Crippen LogP contribution in [0.2, 0.25) is 0 Å². The summed E-state index contributed by atoms with van der Waals surface area (Å²) >= 11 is 1.51. The number of hydrogen-bond acceptors (Lipinski definition) is 4. The normalized spacial score (nSPS) is 13.3. The van der Waals surface area contributed by atoms with E-state index >= 15 is 0 Å². The summed E-state index contributed by atoms with van der Waals surface area (Å²) in [5, 5.41) is 0. The van der Waals surface area contributed by atoms with Gasteiger partial charge in [0.05, 0.1) is 13.2 Å². The van der Waals surface area contributed by atoms with Crippen LogP contribution in [0.1, 0.15) is 74.1 Å². The van der Waals surface area contributed by atoms with Crippen molar-refractivity contribution in [2.75, 3.05) is 13.2 Å². The van der Waals surface area contributed by atoms with Gasteiger partial charge in [-0.1, -0.05) is 53.7 Å². The van der Waals surface area contributed by atoms with E-state index < -0.39 is 0 Å². The number of hydrogen-bond donors (Lipinski definition) is 0. The molecule has 1 aromatic heterocycles. The highest BCUT2D eigenvalue weighted by atomic mass is 32.1. The van der Waals surface area contributed by atoms with E-state index in [4.69, 9.17) is 9.47 Å². The number of carbonyl (C=O) groups is 1. The molecule has 148 valence electrons. The maximum atomic E-state index is 11.4. The van der Waals surface area contributed by atoms with Crippen molar-refractivity contribution in [3.63, 3.8) is 0 Å². The van der Waals surface area contributed by atoms with Gasteiger partial charge in [-0.15, -0.1) is 11.3 Å². The Balaban J connectivity index is 0.000000194. The monoisotopic (exact) mass is 388 g/mol. The van der Waals surface area contributed by atoms with Gasteiger partial charge in [-0.3, -0.25) is 0 Å². The van der Waals surface area contributed by atoms with Gasteiger partial charge < -0.3 is 9.47 Å². The van der Waals surface area contributed by atoms with E-state index in [1.54, 1.807) is 0 Å². The molecule has 1 aliphatic heterocycles. The van der Waals surface area contributed by atoms with Crippen molar-refractivity contribution in [2.45, 2.75) is 65.7 Å². The molecule has 1 aromatic carbocycles. The smallest absolute Gasteiger partial charge is 0.348 e. The second-order valence-electron chi connectivity index (χ2n) is 8.81. The predicted molar refractivity (Wildman–Crippen MR) is 113 cm³/mol. The lowest BCUT2D eigenvalue weighted by molar-refractivity contribution is 0.0532. The Bertz CT molecular complexity index is 776. The summed E-state index contributed by atoms with van der Waals surface area (Å²) in [6.07, 6.45) is 1.07. The van der Waals surface area contributed by atoms with Crippen molar-refractivity contribution in [2.24, 2.45) is 0 Å². The maximum absolute atomic E-state index is 11.4. The second-order valence-corrected chi connectivity index (χ2v) is 9.89. The van der Waals surface area contributed by atoms with E-state index in [9.17, 15) is 4.79 Å². The van der Waals surface area contributed by atoms with Crippen LogP contribution in [0.4, 0.5) is 0 Å². The fourth-order valence-corrected chi connectivity index (χ4v) is 3.66.